The van der Waals surface area contributed by atoms with E-state index in [-0.39, 0.29) is 11.8 Å². The van der Waals surface area contributed by atoms with Crippen molar-refractivity contribution in [2.45, 2.75) is 5.92 Å². The summed E-state index contributed by atoms with van der Waals surface area (Å²) in [4.78, 5) is 22.7. The van der Waals surface area contributed by atoms with Crippen LogP contribution in [0.2, 0.25) is 5.02 Å². The minimum Gasteiger partial charge on any atom is -0.493 e. The van der Waals surface area contributed by atoms with Crippen LogP contribution in [0.25, 0.3) is 10.2 Å². The number of nitrogens with zero attached hydrogens (tertiary/aromatic N) is 3. The highest BCUT2D eigenvalue weighted by atomic mass is 35.5. The number of benzene rings is 3. The Bertz CT molecular complexity index is 1220. The predicted molar refractivity (Wildman–Crippen MR) is 135 cm³/mol. The number of carbonyl (C=O) groups is 1. The third-order valence-electron chi connectivity index (χ3n) is 6.03. The van der Waals surface area contributed by atoms with Crippen molar-refractivity contribution in [3.8, 4) is 5.75 Å². The summed E-state index contributed by atoms with van der Waals surface area (Å²) in [6, 6.07) is 23.9. The minimum atomic E-state index is -0.298. The van der Waals surface area contributed by atoms with Gasteiger partial charge in [-0.3, -0.25) is 4.79 Å². The smallest absolute Gasteiger partial charge is 0.234 e. The summed E-state index contributed by atoms with van der Waals surface area (Å²) >= 11 is 7.89. The summed E-state index contributed by atoms with van der Waals surface area (Å²) in [6.45, 7) is 2.78. The average molecular weight is 478 g/mol. The van der Waals surface area contributed by atoms with E-state index in [1.165, 1.54) is 0 Å². The number of carbonyl (C=O) groups excluding carboxylic acids is 1. The quantitative estimate of drug-likeness (QED) is 0.384. The van der Waals surface area contributed by atoms with E-state index in [2.05, 4.69) is 4.90 Å². The molecule has 1 aromatic heterocycles. The maximum Gasteiger partial charge on any atom is 0.234 e. The molecule has 168 valence electrons. The first-order valence-electron chi connectivity index (χ1n) is 10.9. The highest BCUT2D eigenvalue weighted by Gasteiger charge is 2.30. The van der Waals surface area contributed by atoms with E-state index < -0.39 is 0 Å². The molecule has 7 heteroatoms. The van der Waals surface area contributed by atoms with Crippen molar-refractivity contribution in [2.24, 2.45) is 0 Å². The van der Waals surface area contributed by atoms with Crippen molar-refractivity contribution in [3.63, 3.8) is 0 Å². The van der Waals surface area contributed by atoms with Gasteiger partial charge in [-0.1, -0.05) is 83.6 Å². The predicted octanol–water partition coefficient (Wildman–Crippen LogP) is 5.44. The van der Waals surface area contributed by atoms with E-state index >= 15 is 0 Å². The Balaban J connectivity index is 1.35. The first kappa shape index (κ1) is 21.7. The van der Waals surface area contributed by atoms with Crippen LogP contribution < -0.4 is 9.64 Å². The van der Waals surface area contributed by atoms with Gasteiger partial charge in [-0.05, 0) is 23.3 Å². The molecule has 0 unspecified atom stereocenters. The summed E-state index contributed by atoms with van der Waals surface area (Å²) in [6.07, 6.45) is 0. The molecule has 1 aliphatic rings. The van der Waals surface area contributed by atoms with Crippen LogP contribution in [0.15, 0.2) is 72.8 Å². The molecule has 0 atom stereocenters. The van der Waals surface area contributed by atoms with E-state index in [0.29, 0.717) is 23.9 Å². The van der Waals surface area contributed by atoms with Crippen LogP contribution in [-0.2, 0) is 4.79 Å². The summed E-state index contributed by atoms with van der Waals surface area (Å²) in [7, 11) is 1.61. The van der Waals surface area contributed by atoms with Crippen molar-refractivity contribution >= 4 is 44.2 Å². The van der Waals surface area contributed by atoms with Gasteiger partial charge < -0.3 is 14.5 Å². The lowest BCUT2D eigenvalue weighted by Gasteiger charge is -2.36. The normalized spacial score (nSPS) is 14.2. The van der Waals surface area contributed by atoms with Crippen LogP contribution in [0.4, 0.5) is 5.13 Å². The molecule has 3 aromatic carbocycles. The number of anilines is 1. The second-order valence-corrected chi connectivity index (χ2v) is 9.41. The molecule has 5 rings (SSSR count). The number of methoxy groups -OCH3 is 1. The summed E-state index contributed by atoms with van der Waals surface area (Å²) in [5.41, 5.74) is 2.83. The largest absolute Gasteiger partial charge is 0.493 e. The van der Waals surface area contributed by atoms with E-state index in [0.717, 1.165) is 39.6 Å². The fraction of sp³-hybridized carbons (Fsp3) is 0.231. The molecule has 1 fully saturated rings. The van der Waals surface area contributed by atoms with Gasteiger partial charge in [-0.15, -0.1) is 0 Å². The third-order valence-corrected chi connectivity index (χ3v) is 7.41. The minimum absolute atomic E-state index is 0.143. The third kappa shape index (κ3) is 4.28. The maximum atomic E-state index is 13.7. The second-order valence-electron chi connectivity index (χ2n) is 7.99. The average Bonchev–Trinajstić information content (AvgIpc) is 3.30. The first-order chi connectivity index (χ1) is 16.2. The molecule has 0 radical (unpaired) electrons. The van der Waals surface area contributed by atoms with Crippen LogP contribution in [-0.4, -0.2) is 49.1 Å². The topological polar surface area (TPSA) is 45.7 Å². The molecule has 0 bridgehead atoms. The van der Waals surface area contributed by atoms with Crippen molar-refractivity contribution in [2.75, 3.05) is 38.2 Å². The summed E-state index contributed by atoms with van der Waals surface area (Å²) < 4.78 is 6.50. The standard InChI is InChI=1S/C26H24ClN3O2S/c1-32-24-20(27)12-13-21-23(24)28-26(33-21)30-16-14-29(15-17-30)25(31)22(18-8-4-2-5-9-18)19-10-6-3-7-11-19/h2-13,22H,14-17H2,1H3. The van der Waals surface area contributed by atoms with Crippen molar-refractivity contribution in [3.05, 3.63) is 88.9 Å². The van der Waals surface area contributed by atoms with Crippen LogP contribution in [0, 0.1) is 0 Å². The van der Waals surface area contributed by atoms with Gasteiger partial charge in [0.05, 0.1) is 22.8 Å². The fourth-order valence-electron chi connectivity index (χ4n) is 4.33. The fourth-order valence-corrected chi connectivity index (χ4v) is 5.58. The molecule has 1 saturated heterocycles. The summed E-state index contributed by atoms with van der Waals surface area (Å²) in [5.74, 6) is 0.455. The molecular formula is C26H24ClN3O2S. The molecule has 1 amide bonds. The first-order valence-corrected chi connectivity index (χ1v) is 12.1. The number of ether oxygens (including phenoxy) is 1. The van der Waals surface area contributed by atoms with Crippen LogP contribution >= 0.6 is 22.9 Å². The zero-order chi connectivity index (χ0) is 22.8. The van der Waals surface area contributed by atoms with E-state index in [9.17, 15) is 4.79 Å². The number of aromatic nitrogens is 1. The Hall–Kier alpha value is -3.09. The molecule has 33 heavy (non-hydrogen) atoms. The number of rotatable bonds is 5. The number of piperazine rings is 1. The number of thiazole rings is 1. The highest BCUT2D eigenvalue weighted by Crippen LogP contribution is 2.38. The Morgan fingerprint density at radius 1 is 0.939 bits per heavy atom. The van der Waals surface area contributed by atoms with Crippen molar-refractivity contribution in [1.29, 1.82) is 0 Å². The lowest BCUT2D eigenvalue weighted by atomic mass is 9.90. The van der Waals surface area contributed by atoms with Crippen LogP contribution in [0.3, 0.4) is 0 Å². The SMILES string of the molecule is COc1c(Cl)ccc2sc(N3CCN(C(=O)C(c4ccccc4)c4ccccc4)CC3)nc12. The lowest BCUT2D eigenvalue weighted by molar-refractivity contribution is -0.132. The molecule has 1 aliphatic heterocycles. The van der Waals surface area contributed by atoms with Crippen LogP contribution in [0.5, 0.6) is 5.75 Å². The monoisotopic (exact) mass is 477 g/mol. The van der Waals surface area contributed by atoms with Gasteiger partial charge >= 0.3 is 0 Å². The zero-order valence-electron chi connectivity index (χ0n) is 18.3. The van der Waals surface area contributed by atoms with Gasteiger partial charge in [0.25, 0.3) is 0 Å². The number of amides is 1. The van der Waals surface area contributed by atoms with E-state index in [1.807, 2.05) is 77.7 Å². The highest BCUT2D eigenvalue weighted by molar-refractivity contribution is 7.22. The maximum absolute atomic E-state index is 13.7. The van der Waals surface area contributed by atoms with Crippen molar-refractivity contribution < 1.29 is 9.53 Å². The van der Waals surface area contributed by atoms with E-state index in [4.69, 9.17) is 21.3 Å². The molecule has 0 spiro atoms. The molecule has 0 aliphatic carbocycles. The van der Waals surface area contributed by atoms with Gasteiger partial charge in [0.2, 0.25) is 5.91 Å². The Labute approximate surface area is 202 Å². The lowest BCUT2D eigenvalue weighted by Crippen LogP contribution is -2.50. The Morgan fingerprint density at radius 3 is 2.12 bits per heavy atom. The van der Waals surface area contributed by atoms with Crippen LogP contribution in [0.1, 0.15) is 17.0 Å². The van der Waals surface area contributed by atoms with Gasteiger partial charge in [0.1, 0.15) is 5.52 Å². The van der Waals surface area contributed by atoms with Gasteiger partial charge in [-0.25, -0.2) is 4.98 Å². The van der Waals surface area contributed by atoms with E-state index in [1.54, 1.807) is 18.4 Å². The molecular weight excluding hydrogens is 454 g/mol. The number of hydrogen-bond acceptors (Lipinski definition) is 5. The number of hydrogen-bond donors (Lipinski definition) is 0. The molecule has 0 N–H and O–H groups in total. The number of fused-ring (bicyclic) bond motifs is 1. The van der Waals surface area contributed by atoms with Gasteiger partial charge in [0.15, 0.2) is 10.9 Å². The molecule has 5 nitrogen and oxygen atoms in total. The zero-order valence-corrected chi connectivity index (χ0v) is 19.9. The van der Waals surface area contributed by atoms with Gasteiger partial charge in [-0.2, -0.15) is 0 Å². The Morgan fingerprint density at radius 2 is 1.55 bits per heavy atom. The molecule has 2 heterocycles. The van der Waals surface area contributed by atoms with Crippen molar-refractivity contribution in [1.82, 2.24) is 9.88 Å². The number of halogens is 1. The molecule has 4 aromatic rings. The second kappa shape index (κ2) is 9.41. The Kier molecular flexibility index (Phi) is 6.20. The summed E-state index contributed by atoms with van der Waals surface area (Å²) in [5, 5.41) is 1.49. The molecule has 0 saturated carbocycles. The van der Waals surface area contributed by atoms with Gasteiger partial charge in [0, 0.05) is 26.2 Å².